The van der Waals surface area contributed by atoms with Crippen LogP contribution in [0, 0.1) is 0 Å². The number of rotatable bonds is 5. The highest BCUT2D eigenvalue weighted by Gasteiger charge is 2.11. The van der Waals surface area contributed by atoms with Gasteiger partial charge < -0.3 is 10.6 Å². The molecule has 4 nitrogen and oxygen atoms in total. The van der Waals surface area contributed by atoms with Gasteiger partial charge >= 0.3 is 0 Å². The predicted octanol–water partition coefficient (Wildman–Crippen LogP) is 2.20. The van der Waals surface area contributed by atoms with Crippen LogP contribution in [0.15, 0.2) is 54.9 Å². The molecule has 1 aromatic heterocycles. The average Bonchev–Trinajstić information content (AvgIpc) is 2.47. The van der Waals surface area contributed by atoms with Gasteiger partial charge in [0.1, 0.15) is 0 Å². The lowest BCUT2D eigenvalue weighted by Gasteiger charge is -2.14. The number of carbonyl (C=O) groups is 1. The SMILES string of the molecule is C[C@@H](NCc1cccnc1)C(=O)Nc1ccccc1. The number of nitrogens with one attached hydrogen (secondary N) is 2. The maximum Gasteiger partial charge on any atom is 0.241 e. The molecule has 1 heterocycles. The summed E-state index contributed by atoms with van der Waals surface area (Å²) in [5.41, 5.74) is 1.87. The Labute approximate surface area is 112 Å². The Hall–Kier alpha value is -2.20. The number of anilines is 1. The Bertz CT molecular complexity index is 513. The van der Waals surface area contributed by atoms with Gasteiger partial charge in [0.05, 0.1) is 6.04 Å². The van der Waals surface area contributed by atoms with E-state index in [1.165, 1.54) is 0 Å². The van der Waals surface area contributed by atoms with Gasteiger partial charge in [-0.3, -0.25) is 9.78 Å². The van der Waals surface area contributed by atoms with E-state index in [9.17, 15) is 4.79 Å². The lowest BCUT2D eigenvalue weighted by Crippen LogP contribution is -2.37. The molecule has 0 unspecified atom stereocenters. The average molecular weight is 255 g/mol. The molecule has 2 N–H and O–H groups in total. The zero-order valence-corrected chi connectivity index (χ0v) is 10.8. The van der Waals surface area contributed by atoms with Crippen LogP contribution in [0.3, 0.4) is 0 Å². The Morgan fingerprint density at radius 1 is 1.21 bits per heavy atom. The summed E-state index contributed by atoms with van der Waals surface area (Å²) in [6.45, 7) is 2.46. The summed E-state index contributed by atoms with van der Waals surface area (Å²) >= 11 is 0. The van der Waals surface area contributed by atoms with Gasteiger partial charge in [-0.25, -0.2) is 0 Å². The molecular formula is C15H17N3O. The van der Waals surface area contributed by atoms with E-state index in [1.54, 1.807) is 12.4 Å². The fraction of sp³-hybridized carbons (Fsp3) is 0.200. The van der Waals surface area contributed by atoms with Gasteiger partial charge in [0.2, 0.25) is 5.91 Å². The second kappa shape index (κ2) is 6.66. The van der Waals surface area contributed by atoms with Crippen molar-refractivity contribution < 1.29 is 4.79 Å². The Balaban J connectivity index is 1.83. The van der Waals surface area contributed by atoms with E-state index in [0.29, 0.717) is 6.54 Å². The van der Waals surface area contributed by atoms with Crippen molar-refractivity contribution in [1.29, 1.82) is 0 Å². The molecular weight excluding hydrogens is 238 g/mol. The smallest absolute Gasteiger partial charge is 0.241 e. The fourth-order valence-corrected chi connectivity index (χ4v) is 1.64. The van der Waals surface area contributed by atoms with Crippen LogP contribution >= 0.6 is 0 Å². The molecule has 0 saturated carbocycles. The lowest BCUT2D eigenvalue weighted by atomic mass is 10.2. The molecule has 0 aliphatic carbocycles. The minimum absolute atomic E-state index is 0.0462. The number of hydrogen-bond donors (Lipinski definition) is 2. The Morgan fingerprint density at radius 3 is 2.68 bits per heavy atom. The van der Waals surface area contributed by atoms with Crippen LogP contribution in [0.2, 0.25) is 0 Å². The Kier molecular flexibility index (Phi) is 4.64. The van der Waals surface area contributed by atoms with Crippen molar-refractivity contribution in [2.24, 2.45) is 0 Å². The van der Waals surface area contributed by atoms with E-state index >= 15 is 0 Å². The largest absolute Gasteiger partial charge is 0.325 e. The molecule has 1 aromatic carbocycles. The van der Waals surface area contributed by atoms with Crippen molar-refractivity contribution in [3.63, 3.8) is 0 Å². The lowest BCUT2D eigenvalue weighted by molar-refractivity contribution is -0.117. The van der Waals surface area contributed by atoms with Gasteiger partial charge in [0, 0.05) is 24.6 Å². The molecule has 0 bridgehead atoms. The number of amides is 1. The minimum atomic E-state index is -0.264. The molecule has 0 saturated heterocycles. The van der Waals surface area contributed by atoms with E-state index < -0.39 is 0 Å². The number of nitrogens with zero attached hydrogens (tertiary/aromatic N) is 1. The van der Waals surface area contributed by atoms with Crippen molar-refractivity contribution in [2.75, 3.05) is 5.32 Å². The molecule has 2 aromatic rings. The first kappa shape index (κ1) is 13.2. The molecule has 2 rings (SSSR count). The number of benzene rings is 1. The van der Waals surface area contributed by atoms with Crippen molar-refractivity contribution in [1.82, 2.24) is 10.3 Å². The van der Waals surface area contributed by atoms with Crippen LogP contribution in [0.25, 0.3) is 0 Å². The summed E-state index contributed by atoms with van der Waals surface area (Å²) in [5, 5.41) is 6.03. The van der Waals surface area contributed by atoms with Gasteiger partial charge in [-0.15, -0.1) is 0 Å². The first-order valence-corrected chi connectivity index (χ1v) is 6.24. The van der Waals surface area contributed by atoms with Gasteiger partial charge in [0.15, 0.2) is 0 Å². The zero-order chi connectivity index (χ0) is 13.5. The fourth-order valence-electron chi connectivity index (χ4n) is 1.64. The number of carbonyl (C=O) groups excluding carboxylic acids is 1. The number of aromatic nitrogens is 1. The zero-order valence-electron chi connectivity index (χ0n) is 10.8. The molecule has 0 aliphatic rings. The molecule has 0 fully saturated rings. The summed E-state index contributed by atoms with van der Waals surface area (Å²) in [6.07, 6.45) is 3.52. The third-order valence-electron chi connectivity index (χ3n) is 2.77. The normalized spacial score (nSPS) is 11.8. The standard InChI is InChI=1S/C15H17N3O/c1-12(17-11-13-6-5-9-16-10-13)15(19)18-14-7-3-2-4-8-14/h2-10,12,17H,11H2,1H3,(H,18,19)/t12-/m1/s1. The van der Waals surface area contributed by atoms with Crippen LogP contribution in [-0.4, -0.2) is 16.9 Å². The first-order valence-electron chi connectivity index (χ1n) is 6.24. The van der Waals surface area contributed by atoms with Gasteiger partial charge in [0.25, 0.3) is 0 Å². The molecule has 19 heavy (non-hydrogen) atoms. The van der Waals surface area contributed by atoms with Crippen LogP contribution in [0.4, 0.5) is 5.69 Å². The van der Waals surface area contributed by atoms with E-state index in [4.69, 9.17) is 0 Å². The monoisotopic (exact) mass is 255 g/mol. The molecule has 0 aliphatic heterocycles. The highest BCUT2D eigenvalue weighted by molar-refractivity contribution is 5.94. The number of para-hydroxylation sites is 1. The second-order valence-corrected chi connectivity index (χ2v) is 4.32. The minimum Gasteiger partial charge on any atom is -0.325 e. The van der Waals surface area contributed by atoms with Crippen LogP contribution in [0.1, 0.15) is 12.5 Å². The maximum atomic E-state index is 11.9. The van der Waals surface area contributed by atoms with E-state index in [0.717, 1.165) is 11.3 Å². The third-order valence-corrected chi connectivity index (χ3v) is 2.77. The third kappa shape index (κ3) is 4.19. The van der Waals surface area contributed by atoms with E-state index in [1.807, 2.05) is 49.4 Å². The summed E-state index contributed by atoms with van der Waals surface area (Å²) < 4.78 is 0. The molecule has 1 amide bonds. The van der Waals surface area contributed by atoms with Crippen molar-refractivity contribution in [2.45, 2.75) is 19.5 Å². The van der Waals surface area contributed by atoms with Crippen LogP contribution < -0.4 is 10.6 Å². The maximum absolute atomic E-state index is 11.9. The highest BCUT2D eigenvalue weighted by Crippen LogP contribution is 2.05. The van der Waals surface area contributed by atoms with Crippen molar-refractivity contribution >= 4 is 11.6 Å². The molecule has 4 heteroatoms. The van der Waals surface area contributed by atoms with Crippen LogP contribution in [0.5, 0.6) is 0 Å². The number of pyridine rings is 1. The summed E-state index contributed by atoms with van der Waals surface area (Å²) in [5.74, 6) is -0.0462. The van der Waals surface area contributed by atoms with Crippen molar-refractivity contribution in [3.8, 4) is 0 Å². The first-order chi connectivity index (χ1) is 9.25. The molecule has 1 atom stereocenters. The second-order valence-electron chi connectivity index (χ2n) is 4.32. The quantitative estimate of drug-likeness (QED) is 0.861. The molecule has 0 radical (unpaired) electrons. The molecule has 0 spiro atoms. The molecule has 98 valence electrons. The van der Waals surface area contributed by atoms with Crippen LogP contribution in [-0.2, 0) is 11.3 Å². The van der Waals surface area contributed by atoms with Gasteiger partial charge in [-0.2, -0.15) is 0 Å². The Morgan fingerprint density at radius 2 is 2.00 bits per heavy atom. The topological polar surface area (TPSA) is 54.0 Å². The van der Waals surface area contributed by atoms with Gasteiger partial charge in [-0.1, -0.05) is 24.3 Å². The predicted molar refractivity (Wildman–Crippen MR) is 75.6 cm³/mol. The van der Waals surface area contributed by atoms with E-state index in [2.05, 4.69) is 15.6 Å². The summed E-state index contributed by atoms with van der Waals surface area (Å²) in [6, 6.07) is 13.0. The van der Waals surface area contributed by atoms with E-state index in [-0.39, 0.29) is 11.9 Å². The number of hydrogen-bond acceptors (Lipinski definition) is 3. The van der Waals surface area contributed by atoms with Gasteiger partial charge in [-0.05, 0) is 30.7 Å². The summed E-state index contributed by atoms with van der Waals surface area (Å²) in [4.78, 5) is 16.0. The summed E-state index contributed by atoms with van der Waals surface area (Å²) in [7, 11) is 0. The highest BCUT2D eigenvalue weighted by atomic mass is 16.2. The van der Waals surface area contributed by atoms with Crippen molar-refractivity contribution in [3.05, 3.63) is 60.4 Å².